The molecule has 0 aliphatic heterocycles. The Kier molecular flexibility index (Phi) is 1.46. The molecule has 3 nitrogen and oxygen atoms in total. The number of rotatable bonds is 1. The lowest BCUT2D eigenvalue weighted by molar-refractivity contribution is 0.423. The molecule has 0 bridgehead atoms. The summed E-state index contributed by atoms with van der Waals surface area (Å²) in [6.45, 7) is 3.81. The number of aromatic nitrogens is 3. The van der Waals surface area contributed by atoms with E-state index in [2.05, 4.69) is 16.0 Å². The topological polar surface area (TPSA) is 30.7 Å². The van der Waals surface area contributed by atoms with E-state index in [1.165, 1.54) is 6.33 Å². The smallest absolute Gasteiger partial charge is 0.137 e. The Hall–Kier alpha value is -1.30. The minimum absolute atomic E-state index is 0.365. The maximum absolute atomic E-state index is 5.26. The maximum atomic E-state index is 5.26. The van der Waals surface area contributed by atoms with E-state index >= 15 is 0 Å². The van der Waals surface area contributed by atoms with Crippen LogP contribution in [0.3, 0.4) is 0 Å². The van der Waals surface area contributed by atoms with Gasteiger partial charge in [0.05, 0.1) is 0 Å². The molecule has 0 aromatic carbocycles. The average Bonchev–Trinajstić information content (AvgIpc) is 2.38. The van der Waals surface area contributed by atoms with Crippen LogP contribution in [0.5, 0.6) is 0 Å². The molecule has 52 valence electrons. The molecule has 0 radical (unpaired) electrons. The number of hydrogen-bond acceptors (Lipinski definition) is 2. The lowest BCUT2D eigenvalue weighted by Gasteiger charge is -2.16. The van der Waals surface area contributed by atoms with Crippen LogP contribution in [0.25, 0.3) is 0 Å². The normalized spacial score (nSPS) is 10.9. The molecule has 3 heteroatoms. The van der Waals surface area contributed by atoms with E-state index in [0.717, 1.165) is 0 Å². The molecule has 0 aliphatic carbocycles. The van der Waals surface area contributed by atoms with Gasteiger partial charge >= 0.3 is 0 Å². The number of nitrogens with zero attached hydrogens (tertiary/aromatic N) is 3. The van der Waals surface area contributed by atoms with Crippen molar-refractivity contribution in [1.29, 1.82) is 0 Å². The molecular formula is C7H9N3. The summed E-state index contributed by atoms with van der Waals surface area (Å²) in [6.07, 6.45) is 8.34. The third-order valence-electron chi connectivity index (χ3n) is 1.34. The van der Waals surface area contributed by atoms with Crippen LogP contribution in [-0.4, -0.2) is 14.8 Å². The summed E-state index contributed by atoms with van der Waals surface area (Å²) in [5, 5.41) is 3.92. The Morgan fingerprint density at radius 1 is 1.60 bits per heavy atom. The van der Waals surface area contributed by atoms with Gasteiger partial charge in [-0.05, 0) is 13.8 Å². The van der Waals surface area contributed by atoms with Gasteiger partial charge in [-0.2, -0.15) is 5.10 Å². The van der Waals surface area contributed by atoms with E-state index in [0.29, 0.717) is 0 Å². The van der Waals surface area contributed by atoms with Crippen LogP contribution in [0.4, 0.5) is 0 Å². The van der Waals surface area contributed by atoms with Crippen molar-refractivity contribution in [2.75, 3.05) is 0 Å². The van der Waals surface area contributed by atoms with Gasteiger partial charge in [-0.1, -0.05) is 5.92 Å². The Morgan fingerprint density at radius 3 is 2.70 bits per heavy atom. The molecule has 0 atom stereocenters. The van der Waals surface area contributed by atoms with Crippen LogP contribution >= 0.6 is 0 Å². The third-order valence-corrected chi connectivity index (χ3v) is 1.34. The van der Waals surface area contributed by atoms with Gasteiger partial charge in [-0.3, -0.25) is 0 Å². The first-order valence-corrected chi connectivity index (χ1v) is 3.00. The molecule has 0 fully saturated rings. The molecule has 1 aromatic rings. The first-order valence-electron chi connectivity index (χ1n) is 3.00. The summed E-state index contributed by atoms with van der Waals surface area (Å²) in [7, 11) is 0. The van der Waals surface area contributed by atoms with Crippen LogP contribution in [0, 0.1) is 12.3 Å². The minimum atomic E-state index is -0.365. The molecule has 1 heterocycles. The Bertz CT molecular complexity index is 240. The number of hydrogen-bond donors (Lipinski definition) is 0. The van der Waals surface area contributed by atoms with Crippen LogP contribution in [0.1, 0.15) is 13.8 Å². The zero-order valence-electron chi connectivity index (χ0n) is 6.07. The van der Waals surface area contributed by atoms with Gasteiger partial charge < -0.3 is 0 Å². The monoisotopic (exact) mass is 135 g/mol. The molecule has 0 saturated carbocycles. The lowest BCUT2D eigenvalue weighted by Crippen LogP contribution is -2.24. The largest absolute Gasteiger partial charge is 0.235 e. The van der Waals surface area contributed by atoms with E-state index < -0.39 is 0 Å². The molecule has 0 spiro atoms. The molecular weight excluding hydrogens is 126 g/mol. The predicted molar refractivity (Wildman–Crippen MR) is 38.2 cm³/mol. The van der Waals surface area contributed by atoms with Crippen molar-refractivity contribution in [3.63, 3.8) is 0 Å². The van der Waals surface area contributed by atoms with Gasteiger partial charge in [-0.15, -0.1) is 6.42 Å². The van der Waals surface area contributed by atoms with E-state index in [1.54, 1.807) is 11.0 Å². The SMILES string of the molecule is C#CC(C)(C)n1cncn1. The predicted octanol–water partition coefficient (Wildman–Crippen LogP) is 0.646. The van der Waals surface area contributed by atoms with Gasteiger partial charge in [0.1, 0.15) is 18.2 Å². The molecule has 0 aliphatic rings. The Labute approximate surface area is 60.1 Å². The summed E-state index contributed by atoms with van der Waals surface area (Å²) in [5.41, 5.74) is -0.365. The zero-order chi connectivity index (χ0) is 7.61. The molecule has 0 saturated heterocycles. The highest BCUT2D eigenvalue weighted by atomic mass is 15.3. The van der Waals surface area contributed by atoms with Gasteiger partial charge in [0.25, 0.3) is 0 Å². The van der Waals surface area contributed by atoms with E-state index in [9.17, 15) is 0 Å². The van der Waals surface area contributed by atoms with Crippen molar-refractivity contribution in [2.45, 2.75) is 19.4 Å². The molecule has 0 amide bonds. The molecule has 1 aromatic heterocycles. The van der Waals surface area contributed by atoms with Gasteiger partial charge in [0.2, 0.25) is 0 Å². The highest BCUT2D eigenvalue weighted by Gasteiger charge is 2.15. The van der Waals surface area contributed by atoms with E-state index in [4.69, 9.17) is 6.42 Å². The van der Waals surface area contributed by atoms with Gasteiger partial charge in [0.15, 0.2) is 0 Å². The van der Waals surface area contributed by atoms with Crippen molar-refractivity contribution in [2.24, 2.45) is 0 Å². The van der Waals surface area contributed by atoms with Crippen LogP contribution in [0.15, 0.2) is 12.7 Å². The Balaban J connectivity index is 2.99. The lowest BCUT2D eigenvalue weighted by atomic mass is 10.1. The summed E-state index contributed by atoms with van der Waals surface area (Å²) >= 11 is 0. The fourth-order valence-electron chi connectivity index (χ4n) is 0.563. The minimum Gasteiger partial charge on any atom is -0.235 e. The molecule has 1 rings (SSSR count). The number of terminal acetylenes is 1. The fourth-order valence-corrected chi connectivity index (χ4v) is 0.563. The summed E-state index contributed by atoms with van der Waals surface area (Å²) < 4.78 is 1.65. The van der Waals surface area contributed by atoms with Crippen LogP contribution < -0.4 is 0 Å². The standard InChI is InChI=1S/C7H9N3/c1-4-7(2,3)10-6-8-5-9-10/h1,5-6H,2-3H3. The zero-order valence-corrected chi connectivity index (χ0v) is 6.07. The first-order chi connectivity index (χ1) is 4.67. The maximum Gasteiger partial charge on any atom is 0.137 e. The van der Waals surface area contributed by atoms with Crippen molar-refractivity contribution in [3.05, 3.63) is 12.7 Å². The molecule has 10 heavy (non-hydrogen) atoms. The Morgan fingerprint density at radius 2 is 2.30 bits per heavy atom. The van der Waals surface area contributed by atoms with Crippen molar-refractivity contribution < 1.29 is 0 Å². The van der Waals surface area contributed by atoms with Crippen molar-refractivity contribution in [1.82, 2.24) is 14.8 Å². The van der Waals surface area contributed by atoms with Crippen LogP contribution in [0.2, 0.25) is 0 Å². The quantitative estimate of drug-likeness (QED) is 0.529. The average molecular weight is 135 g/mol. The summed E-state index contributed by atoms with van der Waals surface area (Å²) in [4.78, 5) is 3.79. The third kappa shape index (κ3) is 1.01. The van der Waals surface area contributed by atoms with E-state index in [-0.39, 0.29) is 5.54 Å². The first kappa shape index (κ1) is 6.81. The van der Waals surface area contributed by atoms with Gasteiger partial charge in [0, 0.05) is 0 Å². The van der Waals surface area contributed by atoms with Gasteiger partial charge in [-0.25, -0.2) is 9.67 Å². The summed E-state index contributed by atoms with van der Waals surface area (Å²) in [6, 6.07) is 0. The fraction of sp³-hybridized carbons (Fsp3) is 0.429. The van der Waals surface area contributed by atoms with E-state index in [1.807, 2.05) is 13.8 Å². The second-order valence-electron chi connectivity index (χ2n) is 2.54. The second-order valence-corrected chi connectivity index (χ2v) is 2.54. The van der Waals surface area contributed by atoms with Crippen molar-refractivity contribution >= 4 is 0 Å². The van der Waals surface area contributed by atoms with Crippen LogP contribution in [-0.2, 0) is 5.54 Å². The summed E-state index contributed by atoms with van der Waals surface area (Å²) in [5.74, 6) is 2.60. The molecule has 0 unspecified atom stereocenters. The van der Waals surface area contributed by atoms with Crippen molar-refractivity contribution in [3.8, 4) is 12.3 Å². The highest BCUT2D eigenvalue weighted by Crippen LogP contribution is 2.09. The second kappa shape index (κ2) is 2.14. The highest BCUT2D eigenvalue weighted by molar-refractivity contribution is 5.04. The molecule has 0 N–H and O–H groups in total.